The Labute approximate surface area is 174 Å². The quantitative estimate of drug-likeness (QED) is 0.551. The van der Waals surface area contributed by atoms with E-state index >= 15 is 0 Å². The molecular formula is C22H21N5O3. The number of amides is 1. The first-order valence-corrected chi connectivity index (χ1v) is 8.95. The predicted octanol–water partition coefficient (Wildman–Crippen LogP) is 1.75. The maximum atomic E-state index is 11.4. The number of carbonyl (C=O) groups excluding carboxylic acids is 1. The van der Waals surface area contributed by atoms with Crippen molar-refractivity contribution in [3.05, 3.63) is 70.4 Å². The summed E-state index contributed by atoms with van der Waals surface area (Å²) >= 11 is 0. The highest BCUT2D eigenvalue weighted by Gasteiger charge is 2.13. The van der Waals surface area contributed by atoms with E-state index in [9.17, 15) is 4.79 Å². The zero-order valence-corrected chi connectivity index (χ0v) is 16.6. The number of carbonyl (C=O) groups is 1. The van der Waals surface area contributed by atoms with Crippen LogP contribution in [-0.2, 0) is 6.42 Å². The number of anilines is 2. The first-order chi connectivity index (χ1) is 14.4. The Balaban J connectivity index is 2.02. The van der Waals surface area contributed by atoms with Crippen molar-refractivity contribution < 1.29 is 14.3 Å². The molecule has 0 aliphatic heterocycles. The van der Waals surface area contributed by atoms with E-state index in [2.05, 4.69) is 21.8 Å². The smallest absolute Gasteiger partial charge is 0.248 e. The lowest BCUT2D eigenvalue weighted by Gasteiger charge is -2.13. The highest BCUT2D eigenvalue weighted by atomic mass is 16.5. The Hall–Kier alpha value is -4.25. The molecule has 2 aromatic carbocycles. The van der Waals surface area contributed by atoms with Crippen molar-refractivity contribution in [2.24, 2.45) is 5.73 Å². The highest BCUT2D eigenvalue weighted by Crippen LogP contribution is 2.33. The van der Waals surface area contributed by atoms with Crippen LogP contribution in [0.25, 0.3) is 0 Å². The largest absolute Gasteiger partial charge is 0.493 e. The van der Waals surface area contributed by atoms with Gasteiger partial charge in [-0.2, -0.15) is 4.98 Å². The first-order valence-electron chi connectivity index (χ1n) is 8.95. The Bertz CT molecular complexity index is 1170. The molecule has 0 radical (unpaired) electrons. The van der Waals surface area contributed by atoms with Crippen molar-refractivity contribution in [3.8, 4) is 23.3 Å². The van der Waals surface area contributed by atoms with Crippen molar-refractivity contribution in [3.63, 3.8) is 0 Å². The second kappa shape index (κ2) is 8.84. The van der Waals surface area contributed by atoms with Gasteiger partial charge in [-0.25, -0.2) is 4.98 Å². The summed E-state index contributed by atoms with van der Waals surface area (Å²) in [6.07, 6.45) is 2.05. The van der Waals surface area contributed by atoms with Crippen molar-refractivity contribution in [2.45, 2.75) is 6.42 Å². The molecule has 1 heterocycles. The van der Waals surface area contributed by atoms with E-state index < -0.39 is 5.91 Å². The lowest BCUT2D eigenvalue weighted by Crippen LogP contribution is -2.10. The van der Waals surface area contributed by atoms with E-state index in [0.717, 1.165) is 11.1 Å². The lowest BCUT2D eigenvalue weighted by molar-refractivity contribution is 0.1000. The molecule has 0 spiro atoms. The van der Waals surface area contributed by atoms with E-state index in [1.165, 1.54) is 0 Å². The highest BCUT2D eigenvalue weighted by molar-refractivity contribution is 5.93. The Morgan fingerprint density at radius 3 is 2.57 bits per heavy atom. The monoisotopic (exact) mass is 403 g/mol. The van der Waals surface area contributed by atoms with Crippen LogP contribution in [0.15, 0.2) is 42.6 Å². The van der Waals surface area contributed by atoms with Gasteiger partial charge in [0.05, 0.1) is 19.8 Å². The number of primary amides is 1. The summed E-state index contributed by atoms with van der Waals surface area (Å²) in [4.78, 5) is 19.4. The fourth-order valence-electron chi connectivity index (χ4n) is 2.90. The third-order valence-corrected chi connectivity index (χ3v) is 4.34. The van der Waals surface area contributed by atoms with Gasteiger partial charge < -0.3 is 26.7 Å². The average molecular weight is 403 g/mol. The number of benzene rings is 2. The summed E-state index contributed by atoms with van der Waals surface area (Å²) in [5.41, 5.74) is 20.1. The van der Waals surface area contributed by atoms with Gasteiger partial charge in [-0.15, -0.1) is 0 Å². The maximum Gasteiger partial charge on any atom is 0.248 e. The van der Waals surface area contributed by atoms with Crippen LogP contribution in [0, 0.1) is 11.8 Å². The van der Waals surface area contributed by atoms with Gasteiger partial charge in [0.15, 0.2) is 11.5 Å². The fourth-order valence-corrected chi connectivity index (χ4v) is 2.90. The standard InChI is InChI=1S/C22H21N5O3/c1-29-18-11-14(10-17-12-26-22(25)27-20(17)23)9-15(19(18)30-2)7-6-13-4-3-5-16(8-13)21(24)28/h3-5,8-9,11-12H,10H2,1-2H3,(H2,24,28)(H4,23,25,26,27). The van der Waals surface area contributed by atoms with Gasteiger partial charge in [0.25, 0.3) is 0 Å². The van der Waals surface area contributed by atoms with Crippen LogP contribution in [0.3, 0.4) is 0 Å². The zero-order valence-electron chi connectivity index (χ0n) is 16.6. The van der Waals surface area contributed by atoms with Gasteiger partial charge in [0.1, 0.15) is 5.82 Å². The Morgan fingerprint density at radius 1 is 1.10 bits per heavy atom. The molecule has 0 bridgehead atoms. The summed E-state index contributed by atoms with van der Waals surface area (Å²) in [7, 11) is 3.10. The number of hydrogen-bond donors (Lipinski definition) is 3. The summed E-state index contributed by atoms with van der Waals surface area (Å²) in [5.74, 6) is 7.06. The van der Waals surface area contributed by atoms with E-state index in [-0.39, 0.29) is 5.95 Å². The van der Waals surface area contributed by atoms with Crippen molar-refractivity contribution in [1.29, 1.82) is 0 Å². The van der Waals surface area contributed by atoms with Crippen LogP contribution in [0.2, 0.25) is 0 Å². The molecule has 30 heavy (non-hydrogen) atoms. The molecule has 0 saturated heterocycles. The van der Waals surface area contributed by atoms with Crippen LogP contribution < -0.4 is 26.7 Å². The molecule has 6 N–H and O–H groups in total. The normalized spacial score (nSPS) is 10.1. The van der Waals surface area contributed by atoms with Crippen LogP contribution in [0.4, 0.5) is 11.8 Å². The van der Waals surface area contributed by atoms with Crippen LogP contribution in [0.5, 0.6) is 11.5 Å². The SMILES string of the molecule is COc1cc(Cc2cnc(N)nc2N)cc(C#Cc2cccc(C(N)=O)c2)c1OC. The van der Waals surface area contributed by atoms with E-state index in [4.69, 9.17) is 26.7 Å². The van der Waals surface area contributed by atoms with E-state index in [0.29, 0.717) is 40.4 Å². The number of nitrogen functional groups attached to an aromatic ring is 2. The van der Waals surface area contributed by atoms with Crippen molar-refractivity contribution >= 4 is 17.7 Å². The van der Waals surface area contributed by atoms with E-state index in [1.807, 2.05) is 12.1 Å². The molecule has 1 amide bonds. The van der Waals surface area contributed by atoms with Crippen LogP contribution >= 0.6 is 0 Å². The third-order valence-electron chi connectivity index (χ3n) is 4.34. The van der Waals surface area contributed by atoms with Gasteiger partial charge in [-0.1, -0.05) is 17.9 Å². The molecule has 8 nitrogen and oxygen atoms in total. The molecule has 0 fully saturated rings. The minimum atomic E-state index is -0.511. The molecule has 0 unspecified atom stereocenters. The van der Waals surface area contributed by atoms with Crippen molar-refractivity contribution in [2.75, 3.05) is 25.7 Å². The molecule has 1 aromatic heterocycles. The first kappa shape index (κ1) is 20.5. The van der Waals surface area contributed by atoms with Gasteiger partial charge in [-0.3, -0.25) is 4.79 Å². The molecule has 152 valence electrons. The van der Waals surface area contributed by atoms with Gasteiger partial charge >= 0.3 is 0 Å². The van der Waals surface area contributed by atoms with Gasteiger partial charge in [-0.05, 0) is 35.9 Å². The molecule has 3 aromatic rings. The molecule has 0 atom stereocenters. The average Bonchev–Trinajstić information content (AvgIpc) is 2.74. The Morgan fingerprint density at radius 2 is 1.90 bits per heavy atom. The number of nitrogens with two attached hydrogens (primary N) is 3. The van der Waals surface area contributed by atoms with Crippen LogP contribution in [-0.4, -0.2) is 30.1 Å². The fraction of sp³-hybridized carbons (Fsp3) is 0.136. The molecule has 0 aliphatic rings. The van der Waals surface area contributed by atoms with E-state index in [1.54, 1.807) is 44.7 Å². The number of nitrogens with zero attached hydrogens (tertiary/aromatic N) is 2. The van der Waals surface area contributed by atoms with Gasteiger partial charge in [0.2, 0.25) is 11.9 Å². The molecule has 0 aliphatic carbocycles. The minimum Gasteiger partial charge on any atom is -0.493 e. The molecule has 8 heteroatoms. The number of ether oxygens (including phenoxy) is 2. The molecular weight excluding hydrogens is 382 g/mol. The zero-order chi connectivity index (χ0) is 21.7. The molecule has 3 rings (SSSR count). The number of methoxy groups -OCH3 is 2. The second-order valence-corrected chi connectivity index (χ2v) is 6.39. The summed E-state index contributed by atoms with van der Waals surface area (Å²) in [6, 6.07) is 10.5. The number of rotatable bonds is 5. The predicted molar refractivity (Wildman–Crippen MR) is 114 cm³/mol. The Kier molecular flexibility index (Phi) is 6.03. The number of aromatic nitrogens is 2. The summed E-state index contributed by atoms with van der Waals surface area (Å²) < 4.78 is 11.0. The maximum absolute atomic E-state index is 11.4. The minimum absolute atomic E-state index is 0.119. The topological polar surface area (TPSA) is 139 Å². The summed E-state index contributed by atoms with van der Waals surface area (Å²) in [6.45, 7) is 0. The van der Waals surface area contributed by atoms with Crippen LogP contribution in [0.1, 0.15) is 32.6 Å². The van der Waals surface area contributed by atoms with Crippen molar-refractivity contribution in [1.82, 2.24) is 9.97 Å². The third kappa shape index (κ3) is 4.59. The second-order valence-electron chi connectivity index (χ2n) is 6.39. The van der Waals surface area contributed by atoms with Gasteiger partial charge in [0, 0.05) is 29.3 Å². The lowest BCUT2D eigenvalue weighted by atomic mass is 10.0. The molecule has 0 saturated carbocycles. The summed E-state index contributed by atoms with van der Waals surface area (Å²) in [5, 5.41) is 0. The number of hydrogen-bond acceptors (Lipinski definition) is 7.